The first-order valence-electron chi connectivity index (χ1n) is 6.77. The Balaban J connectivity index is 2.03. The minimum atomic E-state index is -0.677. The summed E-state index contributed by atoms with van der Waals surface area (Å²) in [6.07, 6.45) is 0.00944. The third kappa shape index (κ3) is 3.88. The van der Waals surface area contributed by atoms with Gasteiger partial charge >= 0.3 is 0 Å². The zero-order chi connectivity index (χ0) is 15.4. The van der Waals surface area contributed by atoms with Crippen LogP contribution in [0.1, 0.15) is 30.4 Å². The van der Waals surface area contributed by atoms with E-state index in [0.29, 0.717) is 5.69 Å². The number of carbonyl (C=O) groups is 1. The van der Waals surface area contributed by atoms with Crippen LogP contribution in [-0.4, -0.2) is 5.78 Å². The molecule has 1 atom stereocenters. The Labute approximate surface area is 122 Å². The van der Waals surface area contributed by atoms with Gasteiger partial charge in [-0.25, -0.2) is 8.78 Å². The largest absolute Gasteiger partial charge is 0.399 e. The number of benzene rings is 2. The Morgan fingerprint density at radius 3 is 2.24 bits per heavy atom. The maximum atomic E-state index is 13.5. The Hall–Kier alpha value is -2.23. The molecule has 110 valence electrons. The molecule has 0 spiro atoms. The van der Waals surface area contributed by atoms with Crippen molar-refractivity contribution in [2.45, 2.75) is 25.7 Å². The minimum Gasteiger partial charge on any atom is -0.399 e. The highest BCUT2D eigenvalue weighted by Gasteiger charge is 2.16. The number of carbonyl (C=O) groups excluding carboxylic acids is 1. The highest BCUT2D eigenvalue weighted by molar-refractivity contribution is 5.81. The number of halogens is 2. The van der Waals surface area contributed by atoms with Crippen LogP contribution in [0.3, 0.4) is 0 Å². The van der Waals surface area contributed by atoms with Crippen molar-refractivity contribution >= 4 is 11.5 Å². The molecule has 2 N–H and O–H groups in total. The molecule has 0 aliphatic rings. The highest BCUT2D eigenvalue weighted by Crippen LogP contribution is 2.22. The van der Waals surface area contributed by atoms with Crippen LogP contribution in [-0.2, 0) is 11.2 Å². The quantitative estimate of drug-likeness (QED) is 0.849. The summed E-state index contributed by atoms with van der Waals surface area (Å²) in [5.41, 5.74) is 7.09. The van der Waals surface area contributed by atoms with Crippen LogP contribution in [0.5, 0.6) is 0 Å². The van der Waals surface area contributed by atoms with Gasteiger partial charge in [0.1, 0.15) is 17.4 Å². The maximum absolute atomic E-state index is 13.5. The molecule has 0 heterocycles. The zero-order valence-electron chi connectivity index (χ0n) is 11.8. The fourth-order valence-electron chi connectivity index (χ4n) is 2.25. The Kier molecular flexibility index (Phi) is 4.68. The molecule has 0 aliphatic heterocycles. The van der Waals surface area contributed by atoms with Crippen LogP contribution >= 0.6 is 0 Å². The lowest BCUT2D eigenvalue weighted by molar-refractivity contribution is -0.118. The molecule has 0 aliphatic carbocycles. The van der Waals surface area contributed by atoms with E-state index in [1.165, 1.54) is 6.07 Å². The molecule has 0 radical (unpaired) electrons. The Bertz CT molecular complexity index is 617. The Morgan fingerprint density at radius 1 is 1.10 bits per heavy atom. The number of Topliss-reactive ketones (excluding diaryl/α,β-unsaturated/α-hetero) is 1. The molecule has 21 heavy (non-hydrogen) atoms. The lowest BCUT2D eigenvalue weighted by Gasteiger charge is -2.12. The molecular formula is C17H17F2NO. The van der Waals surface area contributed by atoms with Crippen molar-refractivity contribution in [2.75, 3.05) is 5.73 Å². The van der Waals surface area contributed by atoms with E-state index in [0.717, 1.165) is 17.7 Å². The van der Waals surface area contributed by atoms with E-state index in [9.17, 15) is 13.6 Å². The van der Waals surface area contributed by atoms with Crippen LogP contribution in [0, 0.1) is 11.6 Å². The van der Waals surface area contributed by atoms with Gasteiger partial charge in [0.25, 0.3) is 0 Å². The first-order chi connectivity index (χ1) is 9.97. The van der Waals surface area contributed by atoms with Gasteiger partial charge in [0.05, 0.1) is 0 Å². The molecule has 2 nitrogen and oxygen atoms in total. The standard InChI is InChI=1S/C17H17F2NO/c1-11(12-5-7-13(20)8-6-12)9-14(21)10-15-16(18)3-2-4-17(15)19/h2-8,11H,9-10,20H2,1H3. The first-order valence-corrected chi connectivity index (χ1v) is 6.77. The van der Waals surface area contributed by atoms with Gasteiger partial charge in [0.15, 0.2) is 0 Å². The van der Waals surface area contributed by atoms with E-state index >= 15 is 0 Å². The first kappa shape index (κ1) is 15.2. The summed E-state index contributed by atoms with van der Waals surface area (Å²) in [6, 6.07) is 10.9. The number of anilines is 1. The second-order valence-electron chi connectivity index (χ2n) is 5.19. The summed E-state index contributed by atoms with van der Waals surface area (Å²) >= 11 is 0. The summed E-state index contributed by atoms with van der Waals surface area (Å²) in [6.45, 7) is 1.90. The number of nitrogen functional groups attached to an aromatic ring is 1. The molecule has 1 unspecified atom stereocenters. The van der Waals surface area contributed by atoms with E-state index in [2.05, 4.69) is 0 Å². The zero-order valence-corrected chi connectivity index (χ0v) is 11.8. The maximum Gasteiger partial charge on any atom is 0.138 e. The molecule has 0 bridgehead atoms. The lowest BCUT2D eigenvalue weighted by Crippen LogP contribution is -2.10. The summed E-state index contributed by atoms with van der Waals surface area (Å²) in [5.74, 6) is -1.57. The van der Waals surface area contributed by atoms with E-state index in [-0.39, 0.29) is 30.1 Å². The van der Waals surface area contributed by atoms with Gasteiger partial charge in [-0.1, -0.05) is 25.1 Å². The van der Waals surface area contributed by atoms with E-state index in [4.69, 9.17) is 5.73 Å². The smallest absolute Gasteiger partial charge is 0.138 e. The molecule has 4 heteroatoms. The van der Waals surface area contributed by atoms with Crippen LogP contribution in [0.4, 0.5) is 14.5 Å². The lowest BCUT2D eigenvalue weighted by atomic mass is 9.93. The van der Waals surface area contributed by atoms with Crippen molar-refractivity contribution in [3.05, 3.63) is 65.2 Å². The van der Waals surface area contributed by atoms with Crippen molar-refractivity contribution in [1.29, 1.82) is 0 Å². The summed E-state index contributed by atoms with van der Waals surface area (Å²) in [4.78, 5) is 12.0. The van der Waals surface area contributed by atoms with Gasteiger partial charge in [-0.2, -0.15) is 0 Å². The van der Waals surface area contributed by atoms with Crippen molar-refractivity contribution < 1.29 is 13.6 Å². The molecular weight excluding hydrogens is 272 g/mol. The van der Waals surface area contributed by atoms with E-state index in [1.54, 1.807) is 12.1 Å². The van der Waals surface area contributed by atoms with E-state index < -0.39 is 11.6 Å². The van der Waals surface area contributed by atoms with Gasteiger partial charge < -0.3 is 5.73 Å². The van der Waals surface area contributed by atoms with E-state index in [1.807, 2.05) is 19.1 Å². The third-order valence-electron chi connectivity index (χ3n) is 3.47. The van der Waals surface area contributed by atoms with Crippen molar-refractivity contribution in [3.8, 4) is 0 Å². The fraction of sp³-hybridized carbons (Fsp3) is 0.235. The number of ketones is 1. The van der Waals surface area contributed by atoms with Gasteiger partial charge in [-0.3, -0.25) is 4.79 Å². The summed E-state index contributed by atoms with van der Waals surface area (Å²) in [7, 11) is 0. The van der Waals surface area contributed by atoms with Crippen molar-refractivity contribution in [1.82, 2.24) is 0 Å². The summed E-state index contributed by atoms with van der Waals surface area (Å²) in [5, 5.41) is 0. The fourth-order valence-corrected chi connectivity index (χ4v) is 2.25. The topological polar surface area (TPSA) is 43.1 Å². The van der Waals surface area contributed by atoms with Crippen molar-refractivity contribution in [3.63, 3.8) is 0 Å². The normalized spacial score (nSPS) is 12.1. The summed E-state index contributed by atoms with van der Waals surface area (Å²) < 4.78 is 27.0. The SMILES string of the molecule is CC(CC(=O)Cc1c(F)cccc1F)c1ccc(N)cc1. The van der Waals surface area contributed by atoms with Crippen molar-refractivity contribution in [2.24, 2.45) is 0 Å². The monoisotopic (exact) mass is 289 g/mol. The highest BCUT2D eigenvalue weighted by atomic mass is 19.1. The molecule has 2 rings (SSSR count). The molecule has 0 amide bonds. The number of rotatable bonds is 5. The van der Waals surface area contributed by atoms with Gasteiger partial charge in [-0.05, 0) is 35.7 Å². The van der Waals surface area contributed by atoms with Crippen LogP contribution in [0.15, 0.2) is 42.5 Å². The number of hydrogen-bond acceptors (Lipinski definition) is 2. The average molecular weight is 289 g/mol. The molecule has 0 saturated carbocycles. The minimum absolute atomic E-state index is 0.0204. The molecule has 2 aromatic carbocycles. The van der Waals surface area contributed by atoms with Gasteiger partial charge in [0, 0.05) is 24.1 Å². The molecule has 0 fully saturated rings. The van der Waals surface area contributed by atoms with Crippen LogP contribution in [0.2, 0.25) is 0 Å². The van der Waals surface area contributed by atoms with Crippen LogP contribution in [0.25, 0.3) is 0 Å². The predicted octanol–water partition coefficient (Wildman–Crippen LogP) is 3.85. The molecule has 0 saturated heterocycles. The average Bonchev–Trinajstić information content (AvgIpc) is 2.43. The predicted molar refractivity (Wildman–Crippen MR) is 79.0 cm³/mol. The van der Waals surface area contributed by atoms with Crippen LogP contribution < -0.4 is 5.73 Å². The second kappa shape index (κ2) is 6.48. The third-order valence-corrected chi connectivity index (χ3v) is 3.47. The molecule has 0 aromatic heterocycles. The number of nitrogens with two attached hydrogens (primary N) is 1. The Morgan fingerprint density at radius 2 is 1.67 bits per heavy atom. The van der Waals surface area contributed by atoms with Gasteiger partial charge in [0.2, 0.25) is 0 Å². The van der Waals surface area contributed by atoms with Gasteiger partial charge in [-0.15, -0.1) is 0 Å². The molecule has 2 aromatic rings. The second-order valence-corrected chi connectivity index (χ2v) is 5.19. The number of hydrogen-bond donors (Lipinski definition) is 1.